The number of rotatable bonds is 2. The largest absolute Gasteiger partial charge is 0.390 e. The van der Waals surface area contributed by atoms with E-state index in [9.17, 15) is 5.11 Å². The number of nitrogens with zero attached hydrogens (tertiary/aromatic N) is 4. The van der Waals surface area contributed by atoms with Crippen molar-refractivity contribution in [1.82, 2.24) is 14.9 Å². The van der Waals surface area contributed by atoms with Gasteiger partial charge in [0.25, 0.3) is 0 Å². The Morgan fingerprint density at radius 2 is 1.75 bits per heavy atom. The molecule has 3 aliphatic rings. The first-order chi connectivity index (χ1) is 13.8. The van der Waals surface area contributed by atoms with E-state index in [2.05, 4.69) is 44.0 Å². The van der Waals surface area contributed by atoms with Crippen molar-refractivity contribution in [3.8, 4) is 0 Å². The van der Waals surface area contributed by atoms with Crippen molar-refractivity contribution in [1.29, 1.82) is 0 Å². The topological polar surface area (TPSA) is 61.7 Å². The molecule has 148 valence electrons. The molecule has 1 aromatic carbocycles. The first-order valence-electron chi connectivity index (χ1n) is 10.4. The van der Waals surface area contributed by atoms with Gasteiger partial charge in [0, 0.05) is 50.6 Å². The Bertz CT molecular complexity index is 799. The molecular weight excluding hydrogens is 352 g/mol. The number of hydrogen-bond donors (Lipinski definition) is 1. The predicted octanol–water partition coefficient (Wildman–Crippen LogP) is 2.15. The molecule has 0 unspecified atom stereocenters. The van der Waals surface area contributed by atoms with Crippen LogP contribution < -0.4 is 4.90 Å². The molecule has 2 aliphatic heterocycles. The Labute approximate surface area is 166 Å². The van der Waals surface area contributed by atoms with Crippen molar-refractivity contribution in [2.45, 2.75) is 36.8 Å². The van der Waals surface area contributed by atoms with Gasteiger partial charge in [-0.15, -0.1) is 0 Å². The van der Waals surface area contributed by atoms with Gasteiger partial charge in [-0.25, -0.2) is 9.97 Å². The van der Waals surface area contributed by atoms with Gasteiger partial charge in [-0.05, 0) is 36.5 Å². The molecule has 0 bridgehead atoms. The Morgan fingerprint density at radius 1 is 0.964 bits per heavy atom. The van der Waals surface area contributed by atoms with E-state index in [-0.39, 0.29) is 17.6 Å². The Hall–Kier alpha value is -2.02. The van der Waals surface area contributed by atoms with E-state index in [1.165, 1.54) is 11.1 Å². The van der Waals surface area contributed by atoms with Crippen LogP contribution in [0.4, 0.5) is 5.95 Å². The number of piperidine rings is 1. The van der Waals surface area contributed by atoms with Crippen molar-refractivity contribution in [3.63, 3.8) is 0 Å². The van der Waals surface area contributed by atoms with Gasteiger partial charge >= 0.3 is 0 Å². The quantitative estimate of drug-likeness (QED) is 0.862. The van der Waals surface area contributed by atoms with E-state index < -0.39 is 0 Å². The average Bonchev–Trinajstić information content (AvgIpc) is 2.93. The third kappa shape index (κ3) is 2.91. The maximum Gasteiger partial charge on any atom is 0.225 e. The number of aliphatic hydroxyl groups excluding tert-OH is 1. The van der Waals surface area contributed by atoms with Gasteiger partial charge in [0.2, 0.25) is 5.95 Å². The fraction of sp³-hybridized carbons (Fsp3) is 0.545. The van der Waals surface area contributed by atoms with E-state index in [1.54, 1.807) is 12.4 Å². The number of ether oxygens (including phenoxy) is 1. The summed E-state index contributed by atoms with van der Waals surface area (Å²) in [5, 5.41) is 11.7. The van der Waals surface area contributed by atoms with E-state index in [0.29, 0.717) is 0 Å². The van der Waals surface area contributed by atoms with Crippen molar-refractivity contribution >= 4 is 5.95 Å². The highest BCUT2D eigenvalue weighted by Gasteiger charge is 2.54. The molecule has 1 N–H and O–H groups in total. The van der Waals surface area contributed by atoms with Crippen LogP contribution >= 0.6 is 0 Å². The first kappa shape index (κ1) is 18.0. The second-order valence-electron chi connectivity index (χ2n) is 8.17. The summed E-state index contributed by atoms with van der Waals surface area (Å²) in [6.45, 7) is 5.17. The SMILES string of the molecule is O[C@H]1[C@H](N2CCCOCC2)c2ccccc2C12CCN(c1ncccn1)CC2. The molecule has 1 aliphatic carbocycles. The zero-order chi connectivity index (χ0) is 19.0. The van der Waals surface area contributed by atoms with Crippen molar-refractivity contribution in [2.75, 3.05) is 44.3 Å². The number of fused-ring (bicyclic) bond motifs is 2. The third-order valence-electron chi connectivity index (χ3n) is 6.82. The van der Waals surface area contributed by atoms with Crippen LogP contribution in [0, 0.1) is 0 Å². The lowest BCUT2D eigenvalue weighted by atomic mass is 9.72. The van der Waals surface area contributed by atoms with E-state index in [0.717, 1.165) is 64.6 Å². The number of hydrogen-bond acceptors (Lipinski definition) is 6. The summed E-state index contributed by atoms with van der Waals surface area (Å²) in [5.41, 5.74) is 2.47. The monoisotopic (exact) mass is 380 g/mol. The zero-order valence-electron chi connectivity index (χ0n) is 16.2. The predicted molar refractivity (Wildman–Crippen MR) is 107 cm³/mol. The molecular formula is C22H28N4O2. The minimum Gasteiger partial charge on any atom is -0.390 e. The van der Waals surface area contributed by atoms with Gasteiger partial charge in [0.15, 0.2) is 0 Å². The summed E-state index contributed by atoms with van der Waals surface area (Å²) >= 11 is 0. The molecule has 2 aromatic rings. The molecule has 5 rings (SSSR count). The lowest BCUT2D eigenvalue weighted by Gasteiger charge is -2.43. The third-order valence-corrected chi connectivity index (χ3v) is 6.82. The highest BCUT2D eigenvalue weighted by molar-refractivity contribution is 5.47. The second-order valence-corrected chi connectivity index (χ2v) is 8.17. The minimum absolute atomic E-state index is 0.0671. The lowest BCUT2D eigenvalue weighted by molar-refractivity contribution is -0.000445. The van der Waals surface area contributed by atoms with Crippen LogP contribution in [0.15, 0.2) is 42.7 Å². The summed E-state index contributed by atoms with van der Waals surface area (Å²) in [6.07, 6.45) is 6.07. The van der Waals surface area contributed by atoms with Crippen LogP contribution in [0.2, 0.25) is 0 Å². The van der Waals surface area contributed by atoms with E-state index in [1.807, 2.05) is 6.07 Å². The van der Waals surface area contributed by atoms with Crippen LogP contribution in [-0.4, -0.2) is 65.5 Å². The van der Waals surface area contributed by atoms with Gasteiger partial charge in [0.1, 0.15) is 0 Å². The van der Waals surface area contributed by atoms with Crippen LogP contribution in [0.25, 0.3) is 0 Å². The Morgan fingerprint density at radius 3 is 2.57 bits per heavy atom. The van der Waals surface area contributed by atoms with Gasteiger partial charge in [0.05, 0.1) is 18.8 Å². The smallest absolute Gasteiger partial charge is 0.225 e. The normalized spacial score (nSPS) is 27.5. The van der Waals surface area contributed by atoms with Crippen LogP contribution in [0.5, 0.6) is 0 Å². The van der Waals surface area contributed by atoms with Gasteiger partial charge in [-0.1, -0.05) is 24.3 Å². The molecule has 1 spiro atoms. The minimum atomic E-state index is -0.387. The van der Waals surface area contributed by atoms with Gasteiger partial charge in [-0.2, -0.15) is 0 Å². The van der Waals surface area contributed by atoms with E-state index >= 15 is 0 Å². The molecule has 28 heavy (non-hydrogen) atoms. The second kappa shape index (κ2) is 7.43. The molecule has 2 fully saturated rings. The number of benzene rings is 1. The maximum absolute atomic E-state index is 11.7. The fourth-order valence-electron chi connectivity index (χ4n) is 5.41. The first-order valence-corrected chi connectivity index (χ1v) is 10.4. The molecule has 6 heteroatoms. The lowest BCUT2D eigenvalue weighted by Crippen LogP contribution is -2.50. The Kier molecular flexibility index (Phi) is 4.78. The van der Waals surface area contributed by atoms with Gasteiger partial charge in [-0.3, -0.25) is 4.90 Å². The van der Waals surface area contributed by atoms with Gasteiger partial charge < -0.3 is 14.7 Å². The summed E-state index contributed by atoms with van der Waals surface area (Å²) in [6, 6.07) is 10.6. The highest BCUT2D eigenvalue weighted by Crippen LogP contribution is 2.53. The summed E-state index contributed by atoms with van der Waals surface area (Å²) < 4.78 is 5.66. The fourth-order valence-corrected chi connectivity index (χ4v) is 5.41. The molecule has 6 nitrogen and oxygen atoms in total. The summed E-state index contributed by atoms with van der Waals surface area (Å²) in [5.74, 6) is 0.791. The number of anilines is 1. The Balaban J connectivity index is 1.44. The molecule has 2 atom stereocenters. The zero-order valence-corrected chi connectivity index (χ0v) is 16.2. The van der Waals surface area contributed by atoms with Crippen LogP contribution in [0.1, 0.15) is 36.4 Å². The summed E-state index contributed by atoms with van der Waals surface area (Å²) in [7, 11) is 0. The summed E-state index contributed by atoms with van der Waals surface area (Å²) in [4.78, 5) is 13.5. The molecule has 1 aromatic heterocycles. The number of aliphatic hydroxyl groups is 1. The highest BCUT2D eigenvalue weighted by atomic mass is 16.5. The average molecular weight is 380 g/mol. The molecule has 0 saturated carbocycles. The van der Waals surface area contributed by atoms with Crippen molar-refractivity contribution in [3.05, 3.63) is 53.9 Å². The van der Waals surface area contributed by atoms with Crippen molar-refractivity contribution < 1.29 is 9.84 Å². The molecule has 0 amide bonds. The van der Waals surface area contributed by atoms with E-state index in [4.69, 9.17) is 4.74 Å². The molecule has 3 heterocycles. The molecule has 2 saturated heterocycles. The van der Waals surface area contributed by atoms with Crippen LogP contribution in [-0.2, 0) is 10.2 Å². The van der Waals surface area contributed by atoms with Crippen molar-refractivity contribution in [2.24, 2.45) is 0 Å². The van der Waals surface area contributed by atoms with Crippen LogP contribution in [0.3, 0.4) is 0 Å². The molecule has 0 radical (unpaired) electrons. The maximum atomic E-state index is 11.7. The number of aromatic nitrogens is 2. The standard InChI is InChI=1S/C22H28N4O2/c27-20-19(25-11-4-15-28-16-14-25)17-5-1-2-6-18(17)22(20)7-12-26(13-8-22)21-23-9-3-10-24-21/h1-3,5-6,9-10,19-20,27H,4,7-8,11-16H2/t19-,20+/m1/s1.